The number of piperidine rings is 1. The lowest BCUT2D eigenvalue weighted by molar-refractivity contribution is 0.221. The van der Waals surface area contributed by atoms with Gasteiger partial charge in [0, 0.05) is 37.5 Å². The first-order chi connectivity index (χ1) is 10.3. The van der Waals surface area contributed by atoms with Crippen LogP contribution < -0.4 is 9.64 Å². The molecule has 1 aliphatic rings. The predicted octanol–water partition coefficient (Wildman–Crippen LogP) is 2.48. The van der Waals surface area contributed by atoms with Gasteiger partial charge in [0.05, 0.1) is 18.5 Å². The third kappa shape index (κ3) is 3.68. The van der Waals surface area contributed by atoms with Crippen molar-refractivity contribution in [2.24, 2.45) is 5.92 Å². The van der Waals surface area contributed by atoms with Gasteiger partial charge in [-0.05, 0) is 25.8 Å². The van der Waals surface area contributed by atoms with Crippen LogP contribution in [0.1, 0.15) is 18.5 Å². The van der Waals surface area contributed by atoms with Gasteiger partial charge in [-0.25, -0.2) is 9.97 Å². The van der Waals surface area contributed by atoms with Crippen molar-refractivity contribution >= 4 is 5.82 Å². The lowest BCUT2D eigenvalue weighted by atomic mass is 9.99. The molecule has 0 saturated carbocycles. The van der Waals surface area contributed by atoms with Crippen LogP contribution in [0.25, 0.3) is 0 Å². The second kappa shape index (κ2) is 6.52. The van der Waals surface area contributed by atoms with E-state index in [1.54, 1.807) is 12.4 Å². The van der Waals surface area contributed by atoms with E-state index in [9.17, 15) is 0 Å². The van der Waals surface area contributed by atoms with Gasteiger partial charge >= 0.3 is 0 Å². The molecule has 3 rings (SSSR count). The molecular formula is C16H20N4O. The van der Waals surface area contributed by atoms with Crippen LogP contribution in [0.2, 0.25) is 0 Å². The summed E-state index contributed by atoms with van der Waals surface area (Å²) >= 11 is 0. The Bertz CT molecular complexity index is 575. The van der Waals surface area contributed by atoms with Gasteiger partial charge in [0.2, 0.25) is 5.88 Å². The molecule has 0 radical (unpaired) electrons. The Labute approximate surface area is 125 Å². The number of ether oxygens (including phenoxy) is 1. The molecule has 2 aromatic heterocycles. The summed E-state index contributed by atoms with van der Waals surface area (Å²) in [6.07, 6.45) is 7.73. The maximum absolute atomic E-state index is 5.78. The zero-order valence-electron chi connectivity index (χ0n) is 12.3. The summed E-state index contributed by atoms with van der Waals surface area (Å²) in [6, 6.07) is 5.73. The number of pyridine rings is 1. The van der Waals surface area contributed by atoms with Crippen LogP contribution in [0, 0.1) is 12.8 Å². The Morgan fingerprint density at radius 1 is 1.33 bits per heavy atom. The van der Waals surface area contributed by atoms with E-state index in [1.807, 2.05) is 31.3 Å². The van der Waals surface area contributed by atoms with Crippen LogP contribution in [0.4, 0.5) is 5.82 Å². The van der Waals surface area contributed by atoms with E-state index in [4.69, 9.17) is 4.74 Å². The van der Waals surface area contributed by atoms with Gasteiger partial charge in [-0.3, -0.25) is 4.98 Å². The minimum atomic E-state index is 0.503. The van der Waals surface area contributed by atoms with Crippen LogP contribution in [-0.2, 0) is 0 Å². The average Bonchev–Trinajstić information content (AvgIpc) is 2.54. The van der Waals surface area contributed by atoms with Crippen molar-refractivity contribution in [2.75, 3.05) is 24.6 Å². The zero-order chi connectivity index (χ0) is 14.5. The number of aromatic nitrogens is 3. The summed E-state index contributed by atoms with van der Waals surface area (Å²) in [5, 5.41) is 0. The van der Waals surface area contributed by atoms with Gasteiger partial charge in [-0.1, -0.05) is 6.07 Å². The molecule has 21 heavy (non-hydrogen) atoms. The number of aryl methyl sites for hydroxylation is 1. The van der Waals surface area contributed by atoms with Gasteiger partial charge < -0.3 is 9.64 Å². The van der Waals surface area contributed by atoms with Crippen LogP contribution >= 0.6 is 0 Å². The third-order valence-corrected chi connectivity index (χ3v) is 3.69. The minimum Gasteiger partial charge on any atom is -0.477 e. The molecule has 1 fully saturated rings. The van der Waals surface area contributed by atoms with E-state index in [0.717, 1.165) is 31.0 Å². The maximum atomic E-state index is 5.78. The summed E-state index contributed by atoms with van der Waals surface area (Å²) in [7, 11) is 0. The van der Waals surface area contributed by atoms with Crippen LogP contribution in [0.5, 0.6) is 5.88 Å². The molecule has 1 atom stereocenters. The highest BCUT2D eigenvalue weighted by Crippen LogP contribution is 2.22. The molecule has 3 heterocycles. The summed E-state index contributed by atoms with van der Waals surface area (Å²) in [5.41, 5.74) is 0.958. The number of hydrogen-bond acceptors (Lipinski definition) is 5. The first-order valence-corrected chi connectivity index (χ1v) is 7.39. The van der Waals surface area contributed by atoms with Crippen molar-refractivity contribution in [1.29, 1.82) is 0 Å². The highest BCUT2D eigenvalue weighted by Gasteiger charge is 2.21. The first kappa shape index (κ1) is 13.8. The Morgan fingerprint density at radius 3 is 3.10 bits per heavy atom. The van der Waals surface area contributed by atoms with Crippen molar-refractivity contribution in [1.82, 2.24) is 15.0 Å². The Kier molecular flexibility index (Phi) is 4.28. The Hall–Kier alpha value is -2.17. The van der Waals surface area contributed by atoms with Crippen molar-refractivity contribution in [3.63, 3.8) is 0 Å². The van der Waals surface area contributed by atoms with E-state index in [-0.39, 0.29) is 0 Å². The quantitative estimate of drug-likeness (QED) is 0.863. The molecule has 0 aliphatic carbocycles. The molecule has 1 saturated heterocycles. The molecular weight excluding hydrogens is 264 g/mol. The fourth-order valence-electron chi connectivity index (χ4n) is 2.65. The molecule has 110 valence electrons. The smallest absolute Gasteiger partial charge is 0.213 e. The van der Waals surface area contributed by atoms with Crippen molar-refractivity contribution < 1.29 is 4.74 Å². The molecule has 5 heteroatoms. The van der Waals surface area contributed by atoms with E-state index in [0.29, 0.717) is 18.4 Å². The highest BCUT2D eigenvalue weighted by atomic mass is 16.5. The third-order valence-electron chi connectivity index (χ3n) is 3.69. The zero-order valence-corrected chi connectivity index (χ0v) is 12.3. The highest BCUT2D eigenvalue weighted by molar-refractivity contribution is 5.36. The van der Waals surface area contributed by atoms with Gasteiger partial charge in [-0.2, -0.15) is 0 Å². The number of hydrogen-bond donors (Lipinski definition) is 0. The van der Waals surface area contributed by atoms with Crippen molar-refractivity contribution in [2.45, 2.75) is 19.8 Å². The molecule has 1 unspecified atom stereocenters. The second-order valence-corrected chi connectivity index (χ2v) is 5.45. The van der Waals surface area contributed by atoms with E-state index in [2.05, 4.69) is 19.9 Å². The van der Waals surface area contributed by atoms with Crippen LogP contribution in [0.15, 0.2) is 36.8 Å². The Balaban J connectivity index is 1.58. The normalized spacial score (nSPS) is 18.5. The van der Waals surface area contributed by atoms with Crippen molar-refractivity contribution in [3.8, 4) is 5.88 Å². The van der Waals surface area contributed by atoms with Crippen molar-refractivity contribution in [3.05, 3.63) is 42.5 Å². The average molecular weight is 284 g/mol. The van der Waals surface area contributed by atoms with Gasteiger partial charge in [0.15, 0.2) is 0 Å². The Morgan fingerprint density at radius 2 is 2.29 bits per heavy atom. The summed E-state index contributed by atoms with van der Waals surface area (Å²) < 4.78 is 5.78. The molecule has 0 aromatic carbocycles. The fraction of sp³-hybridized carbons (Fsp3) is 0.438. The summed E-state index contributed by atoms with van der Waals surface area (Å²) in [5.74, 6) is 2.17. The summed E-state index contributed by atoms with van der Waals surface area (Å²) in [6.45, 7) is 4.68. The minimum absolute atomic E-state index is 0.503. The standard InChI is InChI=1S/C16H20N4O/c1-13-9-17-10-15(19-13)20-8-4-5-14(11-20)12-21-16-6-2-3-7-18-16/h2-3,6-7,9-10,14H,4-5,8,11-12H2,1H3. The second-order valence-electron chi connectivity index (χ2n) is 5.45. The fourth-order valence-corrected chi connectivity index (χ4v) is 2.65. The number of rotatable bonds is 4. The first-order valence-electron chi connectivity index (χ1n) is 7.39. The lowest BCUT2D eigenvalue weighted by Gasteiger charge is -2.33. The van der Waals surface area contributed by atoms with Crippen LogP contribution in [0.3, 0.4) is 0 Å². The van der Waals surface area contributed by atoms with Gasteiger partial charge in [-0.15, -0.1) is 0 Å². The van der Waals surface area contributed by atoms with Gasteiger partial charge in [0.25, 0.3) is 0 Å². The molecule has 2 aromatic rings. The molecule has 5 nitrogen and oxygen atoms in total. The maximum Gasteiger partial charge on any atom is 0.213 e. The van der Waals surface area contributed by atoms with Gasteiger partial charge in [0.1, 0.15) is 5.82 Å². The molecule has 0 spiro atoms. The molecule has 0 amide bonds. The topological polar surface area (TPSA) is 51.1 Å². The number of anilines is 1. The number of nitrogens with zero attached hydrogens (tertiary/aromatic N) is 4. The molecule has 0 bridgehead atoms. The van der Waals surface area contributed by atoms with E-state index in [1.165, 1.54) is 6.42 Å². The SMILES string of the molecule is Cc1cncc(N2CCCC(COc3ccccn3)C2)n1. The molecule has 1 aliphatic heterocycles. The monoisotopic (exact) mass is 284 g/mol. The van der Waals surface area contributed by atoms with E-state index < -0.39 is 0 Å². The van der Waals surface area contributed by atoms with E-state index >= 15 is 0 Å². The lowest BCUT2D eigenvalue weighted by Crippen LogP contribution is -2.38. The summed E-state index contributed by atoms with van der Waals surface area (Å²) in [4.78, 5) is 15.3. The molecule has 0 N–H and O–H groups in total. The van der Waals surface area contributed by atoms with Crippen LogP contribution in [-0.4, -0.2) is 34.6 Å². The largest absolute Gasteiger partial charge is 0.477 e. The predicted molar refractivity (Wildman–Crippen MR) is 81.4 cm³/mol.